The summed E-state index contributed by atoms with van der Waals surface area (Å²) >= 11 is 0. The fourth-order valence-electron chi connectivity index (χ4n) is 3.15. The molecular formula is C18H28N2O2. The number of carbonyl (C=O) groups is 1. The quantitative estimate of drug-likeness (QED) is 0.782. The molecule has 0 heterocycles. The van der Waals surface area contributed by atoms with Crippen LogP contribution in [0.2, 0.25) is 0 Å². The Morgan fingerprint density at radius 3 is 2.36 bits per heavy atom. The summed E-state index contributed by atoms with van der Waals surface area (Å²) in [6.07, 6.45) is 3.90. The maximum absolute atomic E-state index is 12.3. The molecule has 2 amide bonds. The number of hydrogen-bond acceptors (Lipinski definition) is 2. The van der Waals surface area contributed by atoms with E-state index in [1.807, 2.05) is 18.2 Å². The Labute approximate surface area is 133 Å². The van der Waals surface area contributed by atoms with Gasteiger partial charge in [0.1, 0.15) is 0 Å². The lowest BCUT2D eigenvalue weighted by Gasteiger charge is -2.29. The van der Waals surface area contributed by atoms with Crippen LogP contribution in [0.15, 0.2) is 30.3 Å². The van der Waals surface area contributed by atoms with Crippen LogP contribution in [0.25, 0.3) is 0 Å². The van der Waals surface area contributed by atoms with Gasteiger partial charge in [0, 0.05) is 12.6 Å². The Morgan fingerprint density at radius 1 is 1.18 bits per heavy atom. The molecule has 3 N–H and O–H groups in total. The van der Waals surface area contributed by atoms with E-state index in [2.05, 4.69) is 36.6 Å². The highest BCUT2D eigenvalue weighted by molar-refractivity contribution is 5.74. The van der Waals surface area contributed by atoms with Crippen molar-refractivity contribution in [1.29, 1.82) is 0 Å². The van der Waals surface area contributed by atoms with Gasteiger partial charge in [0.15, 0.2) is 0 Å². The molecule has 1 unspecified atom stereocenters. The van der Waals surface area contributed by atoms with Gasteiger partial charge in [-0.05, 0) is 43.1 Å². The Hall–Kier alpha value is -1.55. The number of urea groups is 1. The van der Waals surface area contributed by atoms with Crippen molar-refractivity contribution in [2.24, 2.45) is 11.8 Å². The van der Waals surface area contributed by atoms with Gasteiger partial charge >= 0.3 is 6.03 Å². The molecule has 1 atom stereocenters. The zero-order chi connectivity index (χ0) is 15.9. The Morgan fingerprint density at radius 2 is 1.82 bits per heavy atom. The average molecular weight is 304 g/mol. The highest BCUT2D eigenvalue weighted by atomic mass is 16.3. The molecule has 1 saturated carbocycles. The largest absolute Gasteiger partial charge is 0.396 e. The predicted molar refractivity (Wildman–Crippen MR) is 88.5 cm³/mol. The second-order valence-corrected chi connectivity index (χ2v) is 6.65. The lowest BCUT2D eigenvalue weighted by atomic mass is 9.86. The van der Waals surface area contributed by atoms with Crippen LogP contribution >= 0.6 is 0 Å². The van der Waals surface area contributed by atoms with Gasteiger partial charge in [-0.1, -0.05) is 44.2 Å². The molecule has 0 aliphatic heterocycles. The van der Waals surface area contributed by atoms with Crippen LogP contribution in [-0.2, 0) is 0 Å². The van der Waals surface area contributed by atoms with E-state index in [-0.39, 0.29) is 24.7 Å². The number of aliphatic hydroxyl groups is 1. The van der Waals surface area contributed by atoms with Crippen molar-refractivity contribution in [2.75, 3.05) is 6.61 Å². The van der Waals surface area contributed by atoms with Gasteiger partial charge < -0.3 is 15.7 Å². The Kier molecular flexibility index (Phi) is 6.25. The van der Waals surface area contributed by atoms with Crippen LogP contribution in [0.3, 0.4) is 0 Å². The molecule has 1 aliphatic carbocycles. The number of aliphatic hydroxyl groups excluding tert-OH is 1. The molecule has 4 heteroatoms. The van der Waals surface area contributed by atoms with Crippen LogP contribution in [0, 0.1) is 11.8 Å². The number of amides is 2. The number of hydrogen-bond donors (Lipinski definition) is 3. The van der Waals surface area contributed by atoms with Crippen molar-refractivity contribution < 1.29 is 9.90 Å². The SMILES string of the molecule is CC(C)C(NC(=O)NC1CCC(CO)CC1)c1ccccc1. The minimum absolute atomic E-state index is 0.0231. The van der Waals surface area contributed by atoms with E-state index in [0.29, 0.717) is 11.8 Å². The summed E-state index contributed by atoms with van der Waals surface area (Å²) in [6, 6.07) is 10.3. The minimum Gasteiger partial charge on any atom is -0.396 e. The van der Waals surface area contributed by atoms with Crippen molar-refractivity contribution in [3.05, 3.63) is 35.9 Å². The lowest BCUT2D eigenvalue weighted by Crippen LogP contribution is -2.45. The average Bonchev–Trinajstić information content (AvgIpc) is 2.54. The molecule has 0 saturated heterocycles. The molecule has 1 aliphatic rings. The molecule has 4 nitrogen and oxygen atoms in total. The highest BCUT2D eigenvalue weighted by Gasteiger charge is 2.23. The van der Waals surface area contributed by atoms with E-state index >= 15 is 0 Å². The monoisotopic (exact) mass is 304 g/mol. The van der Waals surface area contributed by atoms with Crippen LogP contribution in [0.4, 0.5) is 4.79 Å². The van der Waals surface area contributed by atoms with Crippen molar-refractivity contribution in [2.45, 2.75) is 51.6 Å². The third-order valence-electron chi connectivity index (χ3n) is 4.55. The van der Waals surface area contributed by atoms with Crippen LogP contribution in [0.5, 0.6) is 0 Å². The molecule has 0 radical (unpaired) electrons. The zero-order valence-corrected chi connectivity index (χ0v) is 13.6. The molecule has 0 spiro atoms. The third kappa shape index (κ3) is 4.73. The second-order valence-electron chi connectivity index (χ2n) is 6.65. The van der Waals surface area contributed by atoms with Crippen molar-refractivity contribution >= 4 is 6.03 Å². The van der Waals surface area contributed by atoms with Gasteiger partial charge in [-0.15, -0.1) is 0 Å². The van der Waals surface area contributed by atoms with E-state index in [1.165, 1.54) is 0 Å². The lowest BCUT2D eigenvalue weighted by molar-refractivity contribution is 0.173. The molecule has 1 fully saturated rings. The van der Waals surface area contributed by atoms with Gasteiger partial charge in [-0.2, -0.15) is 0 Å². The molecule has 1 aromatic rings. The van der Waals surface area contributed by atoms with Gasteiger partial charge in [-0.3, -0.25) is 0 Å². The van der Waals surface area contributed by atoms with E-state index in [9.17, 15) is 4.79 Å². The van der Waals surface area contributed by atoms with Gasteiger partial charge in [-0.25, -0.2) is 4.79 Å². The maximum atomic E-state index is 12.3. The van der Waals surface area contributed by atoms with E-state index in [1.54, 1.807) is 0 Å². The van der Waals surface area contributed by atoms with Crippen LogP contribution in [-0.4, -0.2) is 23.8 Å². The van der Waals surface area contributed by atoms with Crippen LogP contribution < -0.4 is 10.6 Å². The summed E-state index contributed by atoms with van der Waals surface area (Å²) in [6.45, 7) is 4.50. The summed E-state index contributed by atoms with van der Waals surface area (Å²) in [4.78, 5) is 12.3. The first-order chi connectivity index (χ1) is 10.6. The smallest absolute Gasteiger partial charge is 0.315 e. The first-order valence-electron chi connectivity index (χ1n) is 8.33. The molecule has 1 aromatic carbocycles. The van der Waals surface area contributed by atoms with Crippen molar-refractivity contribution in [3.63, 3.8) is 0 Å². The van der Waals surface area contributed by atoms with E-state index in [0.717, 1.165) is 31.2 Å². The first kappa shape index (κ1) is 16.8. The fourth-order valence-corrected chi connectivity index (χ4v) is 3.15. The van der Waals surface area contributed by atoms with Gasteiger partial charge in [0.2, 0.25) is 0 Å². The van der Waals surface area contributed by atoms with Crippen molar-refractivity contribution in [3.8, 4) is 0 Å². The van der Waals surface area contributed by atoms with E-state index < -0.39 is 0 Å². The number of carbonyl (C=O) groups excluding carboxylic acids is 1. The summed E-state index contributed by atoms with van der Waals surface area (Å²) in [7, 11) is 0. The highest BCUT2D eigenvalue weighted by Crippen LogP contribution is 2.24. The standard InChI is InChI=1S/C18H28N2O2/c1-13(2)17(15-6-4-3-5-7-15)20-18(22)19-16-10-8-14(12-21)9-11-16/h3-7,13-14,16-17,21H,8-12H2,1-2H3,(H2,19,20,22). The fraction of sp³-hybridized carbons (Fsp3) is 0.611. The number of rotatable bonds is 5. The molecule has 0 aromatic heterocycles. The summed E-state index contributed by atoms with van der Waals surface area (Å²) in [5.41, 5.74) is 1.14. The second kappa shape index (κ2) is 8.18. The Balaban J connectivity index is 1.87. The first-order valence-corrected chi connectivity index (χ1v) is 8.33. The summed E-state index contributed by atoms with van der Waals surface area (Å²) in [5.74, 6) is 0.743. The topological polar surface area (TPSA) is 61.4 Å². The zero-order valence-electron chi connectivity index (χ0n) is 13.6. The van der Waals surface area contributed by atoms with E-state index in [4.69, 9.17) is 5.11 Å². The predicted octanol–water partition coefficient (Wildman–Crippen LogP) is 3.23. The molecular weight excluding hydrogens is 276 g/mol. The van der Waals surface area contributed by atoms with Gasteiger partial charge in [0.05, 0.1) is 6.04 Å². The van der Waals surface area contributed by atoms with Gasteiger partial charge in [0.25, 0.3) is 0 Å². The minimum atomic E-state index is -0.0880. The number of benzene rings is 1. The Bertz CT molecular complexity index is 453. The van der Waals surface area contributed by atoms with Crippen LogP contribution in [0.1, 0.15) is 51.1 Å². The summed E-state index contributed by atoms with van der Waals surface area (Å²) in [5, 5.41) is 15.4. The third-order valence-corrected chi connectivity index (χ3v) is 4.55. The summed E-state index contributed by atoms with van der Waals surface area (Å²) < 4.78 is 0. The maximum Gasteiger partial charge on any atom is 0.315 e. The van der Waals surface area contributed by atoms with Crippen molar-refractivity contribution in [1.82, 2.24) is 10.6 Å². The molecule has 22 heavy (non-hydrogen) atoms. The number of nitrogens with one attached hydrogen (secondary N) is 2. The molecule has 2 rings (SSSR count). The molecule has 0 bridgehead atoms. The molecule has 122 valence electrons. The normalized spacial score (nSPS) is 23.1.